The molecular formula is C25H22N10O3. The van der Waals surface area contributed by atoms with Gasteiger partial charge in [-0.05, 0) is 42.5 Å². The molecular weight excluding hydrogens is 488 g/mol. The van der Waals surface area contributed by atoms with E-state index in [1.54, 1.807) is 49.6 Å². The summed E-state index contributed by atoms with van der Waals surface area (Å²) < 4.78 is 17.5. The zero-order chi connectivity index (χ0) is 27.0. The molecule has 0 saturated carbocycles. The van der Waals surface area contributed by atoms with Gasteiger partial charge in [0.1, 0.15) is 23.2 Å². The summed E-state index contributed by atoms with van der Waals surface area (Å²) in [6, 6.07) is 14.3. The lowest BCUT2D eigenvalue weighted by Gasteiger charge is -2.14. The SMILES string of the molecule is COc1ccc(N=Nc2c(N)nn3c(-c4ccc(OC)c(OC)c4)c4c(N)c(C#N)c(N)nc4nc23)cc1. The summed E-state index contributed by atoms with van der Waals surface area (Å²) >= 11 is 0. The van der Waals surface area contributed by atoms with Crippen LogP contribution < -0.4 is 31.4 Å². The molecule has 3 aromatic heterocycles. The van der Waals surface area contributed by atoms with E-state index in [0.29, 0.717) is 39.6 Å². The molecule has 13 heteroatoms. The fourth-order valence-electron chi connectivity index (χ4n) is 4.02. The molecule has 38 heavy (non-hydrogen) atoms. The number of aromatic nitrogens is 4. The molecule has 3 heterocycles. The maximum absolute atomic E-state index is 9.66. The minimum atomic E-state index is -0.0542. The van der Waals surface area contributed by atoms with Gasteiger partial charge in [-0.25, -0.2) is 14.5 Å². The third-order valence-electron chi connectivity index (χ3n) is 5.87. The van der Waals surface area contributed by atoms with Crippen LogP contribution in [0.3, 0.4) is 0 Å². The van der Waals surface area contributed by atoms with Crippen LogP contribution >= 0.6 is 0 Å². The first-order valence-electron chi connectivity index (χ1n) is 11.1. The number of hydrogen-bond donors (Lipinski definition) is 3. The van der Waals surface area contributed by atoms with Gasteiger partial charge in [-0.3, -0.25) is 0 Å². The second-order valence-corrected chi connectivity index (χ2v) is 7.99. The van der Waals surface area contributed by atoms with Crippen LogP contribution in [0.2, 0.25) is 0 Å². The Labute approximate surface area is 216 Å². The molecule has 0 atom stereocenters. The maximum atomic E-state index is 9.66. The molecule has 13 nitrogen and oxygen atoms in total. The quantitative estimate of drug-likeness (QED) is 0.281. The molecule has 0 saturated heterocycles. The van der Waals surface area contributed by atoms with Crippen molar-refractivity contribution in [3.63, 3.8) is 0 Å². The van der Waals surface area contributed by atoms with Crippen LogP contribution in [0.5, 0.6) is 17.2 Å². The molecule has 6 N–H and O–H groups in total. The number of azo groups is 1. The van der Waals surface area contributed by atoms with Gasteiger partial charge < -0.3 is 31.4 Å². The van der Waals surface area contributed by atoms with E-state index < -0.39 is 0 Å². The van der Waals surface area contributed by atoms with Crippen LogP contribution in [-0.4, -0.2) is 40.9 Å². The summed E-state index contributed by atoms with van der Waals surface area (Å²) in [5.41, 5.74) is 21.1. The number of nitriles is 1. The third kappa shape index (κ3) is 3.86. The number of rotatable bonds is 6. The van der Waals surface area contributed by atoms with Gasteiger partial charge in [0, 0.05) is 5.56 Å². The first-order chi connectivity index (χ1) is 18.4. The average molecular weight is 511 g/mol. The molecule has 0 aliphatic rings. The monoisotopic (exact) mass is 510 g/mol. The number of ether oxygens (including phenoxy) is 3. The van der Waals surface area contributed by atoms with Gasteiger partial charge in [0.25, 0.3) is 0 Å². The van der Waals surface area contributed by atoms with Crippen molar-refractivity contribution < 1.29 is 14.2 Å². The number of nitrogens with two attached hydrogens (primary N) is 3. The van der Waals surface area contributed by atoms with Crippen molar-refractivity contribution in [3.8, 4) is 34.6 Å². The van der Waals surface area contributed by atoms with E-state index in [9.17, 15) is 5.26 Å². The smallest absolute Gasteiger partial charge is 0.188 e. The van der Waals surface area contributed by atoms with E-state index in [2.05, 4.69) is 25.3 Å². The van der Waals surface area contributed by atoms with Crippen LogP contribution in [0.15, 0.2) is 52.7 Å². The van der Waals surface area contributed by atoms with Crippen LogP contribution in [-0.2, 0) is 0 Å². The van der Waals surface area contributed by atoms with Crippen molar-refractivity contribution in [2.24, 2.45) is 10.2 Å². The van der Waals surface area contributed by atoms with E-state index in [1.165, 1.54) is 18.7 Å². The highest BCUT2D eigenvalue weighted by Gasteiger charge is 2.24. The topological polar surface area (TPSA) is 197 Å². The Kier molecular flexibility index (Phi) is 5.97. The standard InChI is InChI=1S/C25H22N10O3/c1-36-14-7-5-13(6-8-14)32-33-20-23(29)34-35-21(12-4-9-16(37-2)17(10-12)38-3)18-19(27)15(11-26)22(28)30-24(18)31-25(20)35/h4-10H,27H2,1-3H3,(H2,29,34)(H2,28,30,31). The Bertz CT molecular complexity index is 1770. The van der Waals surface area contributed by atoms with Gasteiger partial charge >= 0.3 is 0 Å². The van der Waals surface area contributed by atoms with E-state index in [1.807, 2.05) is 6.07 Å². The van der Waals surface area contributed by atoms with E-state index in [0.717, 1.165) is 0 Å². The molecule has 0 bridgehead atoms. The molecule has 0 aliphatic carbocycles. The molecule has 0 radical (unpaired) electrons. The van der Waals surface area contributed by atoms with E-state index in [-0.39, 0.29) is 39.9 Å². The molecule has 0 fully saturated rings. The van der Waals surface area contributed by atoms with Gasteiger partial charge in [0.15, 0.2) is 34.3 Å². The van der Waals surface area contributed by atoms with Crippen LogP contribution in [0, 0.1) is 11.3 Å². The van der Waals surface area contributed by atoms with Crippen molar-refractivity contribution in [3.05, 3.63) is 48.0 Å². The van der Waals surface area contributed by atoms with Crippen LogP contribution in [0.4, 0.5) is 28.7 Å². The van der Waals surface area contributed by atoms with Crippen molar-refractivity contribution in [2.75, 3.05) is 38.5 Å². The van der Waals surface area contributed by atoms with Crippen molar-refractivity contribution >= 4 is 45.4 Å². The number of nitrogen functional groups attached to an aromatic ring is 3. The first-order valence-corrected chi connectivity index (χ1v) is 11.1. The molecule has 0 amide bonds. The molecule has 5 aromatic rings. The fourth-order valence-corrected chi connectivity index (χ4v) is 4.02. The highest BCUT2D eigenvalue weighted by molar-refractivity contribution is 6.04. The summed E-state index contributed by atoms with van der Waals surface area (Å²) in [6.07, 6.45) is 0. The van der Waals surface area contributed by atoms with Crippen LogP contribution in [0.1, 0.15) is 5.56 Å². The predicted molar refractivity (Wildman–Crippen MR) is 142 cm³/mol. The van der Waals surface area contributed by atoms with E-state index >= 15 is 0 Å². The van der Waals surface area contributed by atoms with Crippen LogP contribution in [0.25, 0.3) is 27.9 Å². The summed E-state index contributed by atoms with van der Waals surface area (Å²) in [4.78, 5) is 8.96. The Balaban J connectivity index is 1.82. The number of fused-ring (bicyclic) bond motifs is 2. The highest BCUT2D eigenvalue weighted by Crippen LogP contribution is 2.41. The summed E-state index contributed by atoms with van der Waals surface area (Å²) in [7, 11) is 4.64. The molecule has 0 unspecified atom stereocenters. The number of hydrogen-bond acceptors (Lipinski definition) is 12. The second kappa shape index (κ2) is 9.43. The highest BCUT2D eigenvalue weighted by atomic mass is 16.5. The predicted octanol–water partition coefficient (Wildman–Crippen LogP) is 4.00. The lowest BCUT2D eigenvalue weighted by molar-refractivity contribution is 0.355. The summed E-state index contributed by atoms with van der Waals surface area (Å²) in [5.74, 6) is 1.68. The minimum absolute atomic E-state index is 0.0277. The summed E-state index contributed by atoms with van der Waals surface area (Å²) in [6.45, 7) is 0. The average Bonchev–Trinajstić information content (AvgIpc) is 3.25. The first kappa shape index (κ1) is 24.1. The largest absolute Gasteiger partial charge is 0.497 e. The molecule has 190 valence electrons. The van der Waals surface area contributed by atoms with Crippen molar-refractivity contribution in [1.29, 1.82) is 5.26 Å². The van der Waals surface area contributed by atoms with Crippen molar-refractivity contribution in [2.45, 2.75) is 0 Å². The Morgan fingerprint density at radius 3 is 2.26 bits per heavy atom. The normalized spacial score (nSPS) is 11.2. The minimum Gasteiger partial charge on any atom is -0.497 e. The Hall–Kier alpha value is -5.64. The van der Waals surface area contributed by atoms with Gasteiger partial charge in [0.2, 0.25) is 0 Å². The van der Waals surface area contributed by atoms with Gasteiger partial charge in [-0.1, -0.05) is 0 Å². The van der Waals surface area contributed by atoms with E-state index in [4.69, 9.17) is 31.4 Å². The number of pyridine rings is 1. The molecule has 0 spiro atoms. The lowest BCUT2D eigenvalue weighted by Crippen LogP contribution is -2.07. The third-order valence-corrected chi connectivity index (χ3v) is 5.87. The number of nitrogens with zero attached hydrogens (tertiary/aromatic N) is 7. The zero-order valence-corrected chi connectivity index (χ0v) is 20.6. The summed E-state index contributed by atoms with van der Waals surface area (Å²) in [5, 5.41) is 23.1. The van der Waals surface area contributed by atoms with Gasteiger partial charge in [0.05, 0.1) is 43.8 Å². The molecule has 0 aliphatic heterocycles. The van der Waals surface area contributed by atoms with Gasteiger partial charge in [-0.15, -0.1) is 10.2 Å². The number of benzene rings is 2. The molecule has 5 rings (SSSR count). The molecule has 2 aromatic carbocycles. The fraction of sp³-hybridized carbons (Fsp3) is 0.120. The Morgan fingerprint density at radius 2 is 1.61 bits per heavy atom. The lowest BCUT2D eigenvalue weighted by atomic mass is 10.0. The van der Waals surface area contributed by atoms with Gasteiger partial charge in [-0.2, -0.15) is 10.4 Å². The van der Waals surface area contributed by atoms with Crippen molar-refractivity contribution in [1.82, 2.24) is 19.6 Å². The number of methoxy groups -OCH3 is 3. The Morgan fingerprint density at radius 1 is 0.868 bits per heavy atom. The maximum Gasteiger partial charge on any atom is 0.188 e. The number of anilines is 3. The second-order valence-electron chi connectivity index (χ2n) is 7.99. The zero-order valence-electron chi connectivity index (χ0n) is 20.6.